The smallest absolute Gasteiger partial charge is 0.0837 e. The summed E-state index contributed by atoms with van der Waals surface area (Å²) in [7, 11) is 0. The van der Waals surface area contributed by atoms with Crippen molar-refractivity contribution in [2.75, 3.05) is 0 Å². The van der Waals surface area contributed by atoms with Crippen molar-refractivity contribution in [3.05, 3.63) is 12.7 Å². The van der Waals surface area contributed by atoms with E-state index in [0.717, 1.165) is 6.42 Å². The molecule has 0 heterocycles. The maximum atomic E-state index is 5.78. The average molecular weight is 170 g/mol. The average Bonchev–Trinajstić information content (AvgIpc) is 1.83. The first-order chi connectivity index (χ1) is 5.39. The second-order valence-corrected chi connectivity index (χ2v) is 4.28. The molecule has 0 saturated carbocycles. The lowest BCUT2D eigenvalue weighted by Gasteiger charge is -2.30. The standard InChI is InChI=1S/C11H22O/c1-7-11(6,8-9(2)3)12-10(4)5/h7,9-10H,1,8H2,2-6H3. The zero-order valence-corrected chi connectivity index (χ0v) is 9.05. The topological polar surface area (TPSA) is 9.23 Å². The lowest BCUT2D eigenvalue weighted by Crippen LogP contribution is -2.30. The first kappa shape index (κ1) is 11.7. The first-order valence-corrected chi connectivity index (χ1v) is 4.71. The summed E-state index contributed by atoms with van der Waals surface area (Å²) in [4.78, 5) is 0. The van der Waals surface area contributed by atoms with Gasteiger partial charge < -0.3 is 4.74 Å². The number of rotatable bonds is 5. The molecule has 0 bridgehead atoms. The highest BCUT2D eigenvalue weighted by Gasteiger charge is 2.23. The summed E-state index contributed by atoms with van der Waals surface area (Å²) in [5, 5.41) is 0. The number of ether oxygens (including phenoxy) is 1. The van der Waals surface area contributed by atoms with E-state index in [9.17, 15) is 0 Å². The van der Waals surface area contributed by atoms with Crippen molar-refractivity contribution in [1.29, 1.82) is 0 Å². The Morgan fingerprint density at radius 1 is 1.33 bits per heavy atom. The van der Waals surface area contributed by atoms with Crippen LogP contribution in [-0.4, -0.2) is 11.7 Å². The Hall–Kier alpha value is -0.300. The lowest BCUT2D eigenvalue weighted by molar-refractivity contribution is -0.0462. The van der Waals surface area contributed by atoms with Gasteiger partial charge in [0, 0.05) is 0 Å². The van der Waals surface area contributed by atoms with Crippen LogP contribution in [0.15, 0.2) is 12.7 Å². The van der Waals surface area contributed by atoms with Crippen molar-refractivity contribution in [3.8, 4) is 0 Å². The van der Waals surface area contributed by atoms with Gasteiger partial charge in [0.2, 0.25) is 0 Å². The highest BCUT2D eigenvalue weighted by molar-refractivity contribution is 4.94. The van der Waals surface area contributed by atoms with Gasteiger partial charge in [0.25, 0.3) is 0 Å². The predicted molar refractivity (Wildman–Crippen MR) is 54.3 cm³/mol. The minimum atomic E-state index is -0.150. The molecule has 1 heteroatoms. The molecule has 1 unspecified atom stereocenters. The normalized spacial score (nSPS) is 16.6. The zero-order chi connectivity index (χ0) is 9.78. The molecule has 0 aromatic carbocycles. The Bertz CT molecular complexity index is 126. The van der Waals surface area contributed by atoms with Crippen molar-refractivity contribution in [3.63, 3.8) is 0 Å². The molecule has 1 nitrogen and oxygen atoms in total. The fourth-order valence-corrected chi connectivity index (χ4v) is 1.53. The molecule has 1 atom stereocenters. The fraction of sp³-hybridized carbons (Fsp3) is 0.818. The molecule has 72 valence electrons. The third-order valence-electron chi connectivity index (χ3n) is 1.75. The molecule has 0 amide bonds. The van der Waals surface area contributed by atoms with Crippen LogP contribution in [0.4, 0.5) is 0 Å². The number of hydrogen-bond acceptors (Lipinski definition) is 1. The maximum Gasteiger partial charge on any atom is 0.0837 e. The van der Waals surface area contributed by atoms with Crippen molar-refractivity contribution in [2.45, 2.75) is 52.7 Å². The van der Waals surface area contributed by atoms with E-state index in [-0.39, 0.29) is 11.7 Å². The second kappa shape index (κ2) is 4.66. The fourth-order valence-electron chi connectivity index (χ4n) is 1.53. The van der Waals surface area contributed by atoms with Crippen LogP contribution in [0.2, 0.25) is 0 Å². The van der Waals surface area contributed by atoms with Gasteiger partial charge in [0.05, 0.1) is 11.7 Å². The maximum absolute atomic E-state index is 5.78. The largest absolute Gasteiger partial charge is 0.369 e. The van der Waals surface area contributed by atoms with Crippen LogP contribution in [0.1, 0.15) is 41.0 Å². The van der Waals surface area contributed by atoms with E-state index in [2.05, 4.69) is 41.2 Å². The van der Waals surface area contributed by atoms with Gasteiger partial charge in [0.1, 0.15) is 0 Å². The molecule has 12 heavy (non-hydrogen) atoms. The summed E-state index contributed by atoms with van der Waals surface area (Å²) < 4.78 is 5.78. The molecular formula is C11H22O. The molecule has 0 aromatic rings. The van der Waals surface area contributed by atoms with Crippen LogP contribution in [0.5, 0.6) is 0 Å². The molecule has 0 fully saturated rings. The van der Waals surface area contributed by atoms with Crippen LogP contribution in [0, 0.1) is 5.92 Å². The third kappa shape index (κ3) is 4.55. The molecule has 0 saturated heterocycles. The van der Waals surface area contributed by atoms with Crippen LogP contribution in [-0.2, 0) is 4.74 Å². The Labute approximate surface area is 76.8 Å². The summed E-state index contributed by atoms with van der Waals surface area (Å²) in [5.41, 5.74) is -0.150. The third-order valence-corrected chi connectivity index (χ3v) is 1.75. The lowest BCUT2D eigenvalue weighted by atomic mass is 9.94. The SMILES string of the molecule is C=CC(C)(CC(C)C)OC(C)C. The van der Waals surface area contributed by atoms with E-state index in [1.807, 2.05) is 6.08 Å². The Morgan fingerprint density at radius 2 is 1.83 bits per heavy atom. The van der Waals surface area contributed by atoms with Crippen LogP contribution in [0.3, 0.4) is 0 Å². The van der Waals surface area contributed by atoms with E-state index in [1.165, 1.54) is 0 Å². The molecule has 0 N–H and O–H groups in total. The van der Waals surface area contributed by atoms with Crippen molar-refractivity contribution >= 4 is 0 Å². The van der Waals surface area contributed by atoms with E-state index >= 15 is 0 Å². The van der Waals surface area contributed by atoms with Gasteiger partial charge in [-0.05, 0) is 33.1 Å². The van der Waals surface area contributed by atoms with Crippen molar-refractivity contribution in [2.24, 2.45) is 5.92 Å². The van der Waals surface area contributed by atoms with Gasteiger partial charge in [-0.15, -0.1) is 6.58 Å². The predicted octanol–water partition coefficient (Wildman–Crippen LogP) is 3.40. The first-order valence-electron chi connectivity index (χ1n) is 4.71. The van der Waals surface area contributed by atoms with Gasteiger partial charge in [0.15, 0.2) is 0 Å². The van der Waals surface area contributed by atoms with Crippen molar-refractivity contribution < 1.29 is 4.74 Å². The van der Waals surface area contributed by atoms with Crippen LogP contribution >= 0.6 is 0 Å². The Morgan fingerprint density at radius 3 is 2.08 bits per heavy atom. The van der Waals surface area contributed by atoms with E-state index in [1.54, 1.807) is 0 Å². The molecule has 0 aliphatic rings. The van der Waals surface area contributed by atoms with E-state index < -0.39 is 0 Å². The minimum Gasteiger partial charge on any atom is -0.369 e. The molecule has 0 radical (unpaired) electrons. The van der Waals surface area contributed by atoms with Gasteiger partial charge >= 0.3 is 0 Å². The molecular weight excluding hydrogens is 148 g/mol. The van der Waals surface area contributed by atoms with Gasteiger partial charge in [-0.3, -0.25) is 0 Å². The molecule has 0 aliphatic carbocycles. The van der Waals surface area contributed by atoms with Crippen LogP contribution < -0.4 is 0 Å². The quantitative estimate of drug-likeness (QED) is 0.575. The molecule has 0 aromatic heterocycles. The second-order valence-electron chi connectivity index (χ2n) is 4.28. The zero-order valence-electron chi connectivity index (χ0n) is 9.05. The van der Waals surface area contributed by atoms with Gasteiger partial charge in [-0.1, -0.05) is 19.9 Å². The van der Waals surface area contributed by atoms with Crippen molar-refractivity contribution in [1.82, 2.24) is 0 Å². The highest BCUT2D eigenvalue weighted by atomic mass is 16.5. The molecule has 0 rings (SSSR count). The number of hydrogen-bond donors (Lipinski definition) is 0. The molecule has 0 spiro atoms. The minimum absolute atomic E-state index is 0.150. The van der Waals surface area contributed by atoms with Gasteiger partial charge in [-0.25, -0.2) is 0 Å². The summed E-state index contributed by atoms with van der Waals surface area (Å²) in [6, 6.07) is 0. The Kier molecular flexibility index (Phi) is 4.54. The van der Waals surface area contributed by atoms with E-state index in [0.29, 0.717) is 5.92 Å². The highest BCUT2D eigenvalue weighted by Crippen LogP contribution is 2.23. The van der Waals surface area contributed by atoms with Crippen LogP contribution in [0.25, 0.3) is 0 Å². The summed E-state index contributed by atoms with van der Waals surface area (Å²) in [6.45, 7) is 14.4. The van der Waals surface area contributed by atoms with Gasteiger partial charge in [-0.2, -0.15) is 0 Å². The van der Waals surface area contributed by atoms with E-state index in [4.69, 9.17) is 4.74 Å². The Balaban J connectivity index is 4.14. The summed E-state index contributed by atoms with van der Waals surface area (Å²) in [5.74, 6) is 0.645. The summed E-state index contributed by atoms with van der Waals surface area (Å²) >= 11 is 0. The monoisotopic (exact) mass is 170 g/mol. The summed E-state index contributed by atoms with van der Waals surface area (Å²) in [6.07, 6.45) is 3.22. The molecule has 0 aliphatic heterocycles.